The summed E-state index contributed by atoms with van der Waals surface area (Å²) >= 11 is 1.15. The maximum absolute atomic E-state index is 12.5. The highest BCUT2D eigenvalue weighted by atomic mass is 32.1. The molecule has 1 N–H and O–H groups in total. The van der Waals surface area contributed by atoms with Gasteiger partial charge in [-0.15, -0.1) is 11.3 Å². The number of hydrogen-bond acceptors (Lipinski definition) is 6. The number of furan rings is 1. The number of carbonyl (C=O) groups is 3. The first-order valence-electron chi connectivity index (χ1n) is 10.0. The van der Waals surface area contributed by atoms with Gasteiger partial charge in [-0.2, -0.15) is 0 Å². The topological polar surface area (TPSA) is 88.9 Å². The number of nitrogens with zero attached hydrogens (tertiary/aromatic N) is 1. The minimum atomic E-state index is -0.460. The van der Waals surface area contributed by atoms with E-state index in [2.05, 4.69) is 5.32 Å². The van der Waals surface area contributed by atoms with Crippen molar-refractivity contribution >= 4 is 34.1 Å². The lowest BCUT2D eigenvalue weighted by Crippen LogP contribution is -2.27. The number of amides is 2. The van der Waals surface area contributed by atoms with Crippen molar-refractivity contribution < 1.29 is 23.5 Å². The molecule has 2 amide bonds. The average molecular weight is 439 g/mol. The fraction of sp³-hybridized carbons (Fsp3) is 0.261. The fourth-order valence-corrected chi connectivity index (χ4v) is 4.35. The number of esters is 1. The Balaban J connectivity index is 1.34. The number of aryl methyl sites for hydroxylation is 1. The lowest BCUT2D eigenvalue weighted by molar-refractivity contribution is 0.0477. The molecule has 0 aliphatic carbocycles. The zero-order valence-electron chi connectivity index (χ0n) is 17.1. The van der Waals surface area contributed by atoms with Gasteiger partial charge in [0.2, 0.25) is 0 Å². The molecule has 7 nitrogen and oxygen atoms in total. The largest absolute Gasteiger partial charge is 0.459 e. The Morgan fingerprint density at radius 3 is 2.55 bits per heavy atom. The van der Waals surface area contributed by atoms with Gasteiger partial charge in [-0.25, -0.2) is 4.79 Å². The first-order valence-corrected chi connectivity index (χ1v) is 10.8. The standard InChI is InChI=1S/C23H22N2O5S/c1-15-13-19(24-21(26)18-5-4-12-29-18)31-20(15)23(28)30-14-16-6-8-17(9-7-16)22(27)25-10-2-3-11-25/h4-9,12-13H,2-3,10-11,14H2,1H3,(H,24,26). The predicted octanol–water partition coefficient (Wildman–Crippen LogP) is 4.49. The quantitative estimate of drug-likeness (QED) is 0.573. The molecular formula is C23H22N2O5S. The molecule has 3 aromatic rings. The van der Waals surface area contributed by atoms with E-state index in [-0.39, 0.29) is 24.2 Å². The third-order valence-corrected chi connectivity index (χ3v) is 6.18. The Labute approximate surface area is 183 Å². The van der Waals surface area contributed by atoms with Crippen LogP contribution in [0.2, 0.25) is 0 Å². The molecular weight excluding hydrogens is 416 g/mol. The van der Waals surface area contributed by atoms with Crippen molar-refractivity contribution in [2.45, 2.75) is 26.4 Å². The number of likely N-dealkylation sites (tertiary alicyclic amines) is 1. The molecule has 3 heterocycles. The number of carbonyl (C=O) groups excluding carboxylic acids is 3. The lowest BCUT2D eigenvalue weighted by atomic mass is 10.1. The van der Waals surface area contributed by atoms with Crippen LogP contribution in [-0.2, 0) is 11.3 Å². The highest BCUT2D eigenvalue weighted by Gasteiger charge is 2.20. The Kier molecular flexibility index (Phi) is 6.18. The minimum absolute atomic E-state index is 0.0411. The van der Waals surface area contributed by atoms with Crippen molar-refractivity contribution in [3.63, 3.8) is 0 Å². The number of nitrogens with one attached hydrogen (secondary N) is 1. The van der Waals surface area contributed by atoms with Crippen molar-refractivity contribution in [1.82, 2.24) is 4.90 Å². The molecule has 0 saturated carbocycles. The van der Waals surface area contributed by atoms with E-state index in [1.54, 1.807) is 49.4 Å². The van der Waals surface area contributed by atoms with Crippen molar-refractivity contribution in [2.75, 3.05) is 18.4 Å². The summed E-state index contributed by atoms with van der Waals surface area (Å²) in [6.45, 7) is 3.50. The molecule has 1 aliphatic heterocycles. The van der Waals surface area contributed by atoms with E-state index in [0.717, 1.165) is 48.4 Å². The average Bonchev–Trinajstić information content (AvgIpc) is 3.54. The first kappa shape index (κ1) is 20.9. The summed E-state index contributed by atoms with van der Waals surface area (Å²) < 4.78 is 10.5. The van der Waals surface area contributed by atoms with Crippen LogP contribution in [0.4, 0.5) is 5.00 Å². The van der Waals surface area contributed by atoms with Crippen molar-refractivity contribution in [3.8, 4) is 0 Å². The van der Waals surface area contributed by atoms with Crippen molar-refractivity contribution in [2.24, 2.45) is 0 Å². The van der Waals surface area contributed by atoms with E-state index in [4.69, 9.17) is 9.15 Å². The molecule has 31 heavy (non-hydrogen) atoms. The maximum atomic E-state index is 12.5. The molecule has 0 atom stereocenters. The van der Waals surface area contributed by atoms with Gasteiger partial charge in [0.1, 0.15) is 11.5 Å². The highest BCUT2D eigenvalue weighted by Crippen LogP contribution is 2.28. The molecule has 4 rings (SSSR count). The van der Waals surface area contributed by atoms with Crippen LogP contribution < -0.4 is 5.32 Å². The van der Waals surface area contributed by atoms with Gasteiger partial charge in [0.05, 0.1) is 11.3 Å². The Bertz CT molecular complexity index is 1080. The molecule has 0 spiro atoms. The predicted molar refractivity (Wildman–Crippen MR) is 116 cm³/mol. The summed E-state index contributed by atoms with van der Waals surface area (Å²) in [5.74, 6) is -0.603. The summed E-state index contributed by atoms with van der Waals surface area (Å²) in [4.78, 5) is 39.3. The highest BCUT2D eigenvalue weighted by molar-refractivity contribution is 7.18. The number of thiophene rings is 1. The SMILES string of the molecule is Cc1cc(NC(=O)c2ccco2)sc1C(=O)OCc1ccc(C(=O)N2CCCC2)cc1. The number of ether oxygens (including phenoxy) is 1. The number of benzene rings is 1. The van der Waals surface area contributed by atoms with E-state index >= 15 is 0 Å². The third kappa shape index (κ3) is 4.86. The van der Waals surface area contributed by atoms with Gasteiger partial charge in [0, 0.05) is 18.7 Å². The van der Waals surface area contributed by atoms with Crippen molar-refractivity contribution in [3.05, 3.63) is 76.1 Å². The van der Waals surface area contributed by atoms with Gasteiger partial charge >= 0.3 is 5.97 Å². The zero-order chi connectivity index (χ0) is 21.8. The van der Waals surface area contributed by atoms with Crippen LogP contribution in [0.15, 0.2) is 53.1 Å². The summed E-state index contributed by atoms with van der Waals surface area (Å²) in [7, 11) is 0. The van der Waals surface area contributed by atoms with Gasteiger partial charge in [-0.05, 0) is 61.2 Å². The van der Waals surface area contributed by atoms with Crippen LogP contribution >= 0.6 is 11.3 Å². The van der Waals surface area contributed by atoms with E-state index in [9.17, 15) is 14.4 Å². The lowest BCUT2D eigenvalue weighted by Gasteiger charge is -2.15. The van der Waals surface area contributed by atoms with Crippen LogP contribution in [0.1, 0.15) is 54.6 Å². The molecule has 2 aromatic heterocycles. The monoisotopic (exact) mass is 438 g/mol. The second kappa shape index (κ2) is 9.18. The van der Waals surface area contributed by atoms with Crippen LogP contribution in [0.5, 0.6) is 0 Å². The maximum Gasteiger partial charge on any atom is 0.348 e. The second-order valence-corrected chi connectivity index (χ2v) is 8.38. The van der Waals surface area contributed by atoms with Gasteiger partial charge in [-0.1, -0.05) is 12.1 Å². The fourth-order valence-electron chi connectivity index (χ4n) is 3.39. The van der Waals surface area contributed by atoms with Crippen LogP contribution in [0.3, 0.4) is 0 Å². The minimum Gasteiger partial charge on any atom is -0.459 e. The summed E-state index contributed by atoms with van der Waals surface area (Å²) in [5.41, 5.74) is 2.16. The normalized spacial score (nSPS) is 13.3. The molecule has 8 heteroatoms. The molecule has 1 aromatic carbocycles. The second-order valence-electron chi connectivity index (χ2n) is 7.33. The summed E-state index contributed by atoms with van der Waals surface area (Å²) in [6, 6.07) is 12.0. The third-order valence-electron chi connectivity index (χ3n) is 5.05. The van der Waals surface area contributed by atoms with Crippen molar-refractivity contribution in [1.29, 1.82) is 0 Å². The summed E-state index contributed by atoms with van der Waals surface area (Å²) in [5, 5.41) is 3.25. The van der Waals surface area contributed by atoms with E-state index in [1.165, 1.54) is 6.26 Å². The zero-order valence-corrected chi connectivity index (χ0v) is 17.9. The molecule has 1 aliphatic rings. The molecule has 1 fully saturated rings. The van der Waals surface area contributed by atoms with Crippen LogP contribution in [0.25, 0.3) is 0 Å². The van der Waals surface area contributed by atoms with Gasteiger partial charge in [-0.3, -0.25) is 9.59 Å². The first-order chi connectivity index (χ1) is 15.0. The Hall–Kier alpha value is -3.39. The van der Waals surface area contributed by atoms with Gasteiger partial charge < -0.3 is 19.4 Å². The molecule has 160 valence electrons. The number of anilines is 1. The Morgan fingerprint density at radius 2 is 1.87 bits per heavy atom. The summed E-state index contributed by atoms with van der Waals surface area (Å²) in [6.07, 6.45) is 3.53. The van der Waals surface area contributed by atoms with Crippen LogP contribution in [-0.4, -0.2) is 35.8 Å². The van der Waals surface area contributed by atoms with E-state index in [0.29, 0.717) is 15.4 Å². The Morgan fingerprint density at radius 1 is 1.13 bits per heavy atom. The van der Waals surface area contributed by atoms with Gasteiger partial charge in [0.25, 0.3) is 11.8 Å². The number of hydrogen-bond donors (Lipinski definition) is 1. The van der Waals surface area contributed by atoms with E-state index < -0.39 is 5.97 Å². The smallest absolute Gasteiger partial charge is 0.348 e. The molecule has 1 saturated heterocycles. The molecule has 0 unspecified atom stereocenters. The molecule has 0 bridgehead atoms. The van der Waals surface area contributed by atoms with E-state index in [1.807, 2.05) is 4.90 Å². The van der Waals surface area contributed by atoms with Gasteiger partial charge in [0.15, 0.2) is 5.76 Å². The number of rotatable bonds is 6. The van der Waals surface area contributed by atoms with Crippen LogP contribution in [0, 0.1) is 6.92 Å². The molecule has 0 radical (unpaired) electrons.